The molecule has 0 bridgehead atoms. The molecule has 1 aromatic carbocycles. The van der Waals surface area contributed by atoms with Crippen LogP contribution in [0, 0.1) is 0 Å². The van der Waals surface area contributed by atoms with Crippen LogP contribution in [-0.4, -0.2) is 46.1 Å². The SMILES string of the molecule is CN(Cc1nc(-c2cccnc2)no1)C(=O)c1ccc([C@H]2CCCNC2)cc1. The first-order valence-corrected chi connectivity index (χ1v) is 9.50. The van der Waals surface area contributed by atoms with Gasteiger partial charge in [0.25, 0.3) is 5.91 Å². The Morgan fingerprint density at radius 1 is 1.29 bits per heavy atom. The third-order valence-electron chi connectivity index (χ3n) is 5.03. The lowest BCUT2D eigenvalue weighted by atomic mass is 9.91. The largest absolute Gasteiger partial charge is 0.337 e. The van der Waals surface area contributed by atoms with Crippen molar-refractivity contribution in [3.63, 3.8) is 0 Å². The van der Waals surface area contributed by atoms with Crippen molar-refractivity contribution < 1.29 is 9.32 Å². The average Bonchev–Trinajstić information content (AvgIpc) is 3.23. The maximum Gasteiger partial charge on any atom is 0.254 e. The zero-order valence-corrected chi connectivity index (χ0v) is 15.8. The molecular weight excluding hydrogens is 354 g/mol. The predicted molar refractivity (Wildman–Crippen MR) is 105 cm³/mol. The number of carbonyl (C=O) groups excluding carboxylic acids is 1. The summed E-state index contributed by atoms with van der Waals surface area (Å²) < 4.78 is 5.28. The molecule has 1 amide bonds. The maximum absolute atomic E-state index is 12.7. The van der Waals surface area contributed by atoms with E-state index in [2.05, 4.69) is 32.6 Å². The lowest BCUT2D eigenvalue weighted by Gasteiger charge is -2.23. The van der Waals surface area contributed by atoms with Crippen molar-refractivity contribution >= 4 is 5.91 Å². The molecule has 3 heterocycles. The zero-order valence-electron chi connectivity index (χ0n) is 15.8. The standard InChI is InChI=1S/C21H23N5O2/c1-26(14-19-24-20(25-28-19)18-5-3-11-23-13-18)21(27)16-8-6-15(7-9-16)17-4-2-10-22-12-17/h3,5-9,11,13,17,22H,2,4,10,12,14H2,1H3/t17-/m0/s1. The lowest BCUT2D eigenvalue weighted by molar-refractivity contribution is 0.0769. The van der Waals surface area contributed by atoms with E-state index < -0.39 is 0 Å². The van der Waals surface area contributed by atoms with Gasteiger partial charge >= 0.3 is 0 Å². The number of hydrogen-bond acceptors (Lipinski definition) is 6. The first kappa shape index (κ1) is 18.3. The number of nitrogens with one attached hydrogen (secondary N) is 1. The van der Waals surface area contributed by atoms with Crippen LogP contribution in [0.1, 0.15) is 40.6 Å². The van der Waals surface area contributed by atoms with Gasteiger partial charge in [0.2, 0.25) is 11.7 Å². The Kier molecular flexibility index (Phi) is 5.43. The van der Waals surface area contributed by atoms with Gasteiger partial charge in [0.15, 0.2) is 0 Å². The van der Waals surface area contributed by atoms with Crippen LogP contribution in [0.15, 0.2) is 53.3 Å². The smallest absolute Gasteiger partial charge is 0.254 e. The third kappa shape index (κ3) is 4.09. The first-order valence-electron chi connectivity index (χ1n) is 9.50. The third-order valence-corrected chi connectivity index (χ3v) is 5.03. The van der Waals surface area contributed by atoms with Gasteiger partial charge in [0, 0.05) is 37.1 Å². The van der Waals surface area contributed by atoms with Crippen LogP contribution in [0.3, 0.4) is 0 Å². The minimum Gasteiger partial charge on any atom is -0.337 e. The van der Waals surface area contributed by atoms with Crippen molar-refractivity contribution in [3.05, 3.63) is 65.8 Å². The number of benzene rings is 1. The van der Waals surface area contributed by atoms with Crippen LogP contribution in [0.4, 0.5) is 0 Å². The zero-order chi connectivity index (χ0) is 19.3. The van der Waals surface area contributed by atoms with Gasteiger partial charge in [-0.2, -0.15) is 4.98 Å². The van der Waals surface area contributed by atoms with E-state index in [1.165, 1.54) is 18.4 Å². The fraction of sp³-hybridized carbons (Fsp3) is 0.333. The van der Waals surface area contributed by atoms with Crippen molar-refractivity contribution in [2.75, 3.05) is 20.1 Å². The van der Waals surface area contributed by atoms with E-state index in [0.29, 0.717) is 23.2 Å². The summed E-state index contributed by atoms with van der Waals surface area (Å²) in [5, 5.41) is 7.39. The molecule has 7 heteroatoms. The minimum absolute atomic E-state index is 0.0746. The van der Waals surface area contributed by atoms with Crippen LogP contribution < -0.4 is 5.32 Å². The number of amides is 1. The van der Waals surface area contributed by atoms with Crippen molar-refractivity contribution in [3.8, 4) is 11.4 Å². The molecule has 7 nitrogen and oxygen atoms in total. The lowest BCUT2D eigenvalue weighted by Crippen LogP contribution is -2.28. The molecule has 0 unspecified atom stereocenters. The van der Waals surface area contributed by atoms with Gasteiger partial charge in [-0.1, -0.05) is 17.3 Å². The molecule has 3 aromatic rings. The molecule has 0 radical (unpaired) electrons. The Hall–Kier alpha value is -3.06. The predicted octanol–water partition coefficient (Wildman–Crippen LogP) is 2.87. The summed E-state index contributed by atoms with van der Waals surface area (Å²) in [5.41, 5.74) is 2.71. The fourth-order valence-corrected chi connectivity index (χ4v) is 3.46. The van der Waals surface area contributed by atoms with Crippen molar-refractivity contribution in [2.45, 2.75) is 25.3 Å². The Labute approximate surface area is 163 Å². The molecule has 1 fully saturated rings. The molecule has 28 heavy (non-hydrogen) atoms. The average molecular weight is 377 g/mol. The highest BCUT2D eigenvalue weighted by Crippen LogP contribution is 2.23. The molecule has 1 atom stereocenters. The number of nitrogens with zero attached hydrogens (tertiary/aromatic N) is 4. The molecule has 1 aliphatic rings. The Morgan fingerprint density at radius 2 is 2.14 bits per heavy atom. The highest BCUT2D eigenvalue weighted by Gasteiger charge is 2.18. The second-order valence-corrected chi connectivity index (χ2v) is 7.08. The van der Waals surface area contributed by atoms with Gasteiger partial charge in [-0.25, -0.2) is 0 Å². The van der Waals surface area contributed by atoms with Crippen LogP contribution in [0.2, 0.25) is 0 Å². The Bertz CT molecular complexity index is 917. The summed E-state index contributed by atoms with van der Waals surface area (Å²) in [6, 6.07) is 11.6. The van der Waals surface area contributed by atoms with E-state index in [-0.39, 0.29) is 12.5 Å². The monoisotopic (exact) mass is 377 g/mol. The summed E-state index contributed by atoms with van der Waals surface area (Å²) in [6.07, 6.45) is 5.75. The van der Waals surface area contributed by atoms with Crippen molar-refractivity contribution in [1.82, 2.24) is 25.3 Å². The van der Waals surface area contributed by atoms with Crippen LogP contribution >= 0.6 is 0 Å². The molecule has 1 aliphatic heterocycles. The van der Waals surface area contributed by atoms with Crippen LogP contribution in [0.5, 0.6) is 0 Å². The number of pyridine rings is 1. The highest BCUT2D eigenvalue weighted by molar-refractivity contribution is 5.94. The van der Waals surface area contributed by atoms with E-state index in [1.54, 1.807) is 24.3 Å². The highest BCUT2D eigenvalue weighted by atomic mass is 16.5. The number of hydrogen-bond donors (Lipinski definition) is 1. The van der Waals surface area contributed by atoms with Crippen LogP contribution in [0.25, 0.3) is 11.4 Å². The summed E-state index contributed by atoms with van der Waals surface area (Å²) in [5.74, 6) is 1.31. The molecule has 144 valence electrons. The van der Waals surface area contributed by atoms with Crippen molar-refractivity contribution in [2.24, 2.45) is 0 Å². The van der Waals surface area contributed by atoms with E-state index >= 15 is 0 Å². The second kappa shape index (κ2) is 8.31. The van der Waals surface area contributed by atoms with Gasteiger partial charge in [-0.05, 0) is 55.1 Å². The molecular formula is C21H23N5O2. The molecule has 0 aliphatic carbocycles. The van der Waals surface area contributed by atoms with Gasteiger partial charge in [0.05, 0.1) is 6.54 Å². The minimum atomic E-state index is -0.0746. The summed E-state index contributed by atoms with van der Waals surface area (Å²) in [4.78, 5) is 22.7. The quantitative estimate of drug-likeness (QED) is 0.736. The number of aromatic nitrogens is 3. The van der Waals surface area contributed by atoms with Crippen LogP contribution in [-0.2, 0) is 6.54 Å². The van der Waals surface area contributed by atoms with E-state index in [1.807, 2.05) is 24.3 Å². The summed E-state index contributed by atoms with van der Waals surface area (Å²) >= 11 is 0. The topological polar surface area (TPSA) is 84.2 Å². The molecule has 0 spiro atoms. The number of carbonyl (C=O) groups is 1. The Balaban J connectivity index is 1.40. The second-order valence-electron chi connectivity index (χ2n) is 7.08. The number of rotatable bonds is 5. The number of piperidine rings is 1. The molecule has 4 rings (SSSR count). The van der Waals surface area contributed by atoms with E-state index in [4.69, 9.17) is 4.52 Å². The van der Waals surface area contributed by atoms with Crippen molar-refractivity contribution in [1.29, 1.82) is 0 Å². The molecule has 1 N–H and O–H groups in total. The van der Waals surface area contributed by atoms with Gasteiger partial charge in [-0.3, -0.25) is 9.78 Å². The molecule has 2 aromatic heterocycles. The Morgan fingerprint density at radius 3 is 2.86 bits per heavy atom. The maximum atomic E-state index is 12.7. The normalized spacial score (nSPS) is 16.7. The summed E-state index contributed by atoms with van der Waals surface area (Å²) in [7, 11) is 1.73. The fourth-order valence-electron chi connectivity index (χ4n) is 3.46. The van der Waals surface area contributed by atoms with Gasteiger partial charge in [0.1, 0.15) is 0 Å². The van der Waals surface area contributed by atoms with Gasteiger partial charge in [-0.15, -0.1) is 0 Å². The molecule has 0 saturated carbocycles. The van der Waals surface area contributed by atoms with E-state index in [9.17, 15) is 4.79 Å². The summed E-state index contributed by atoms with van der Waals surface area (Å²) in [6.45, 7) is 2.35. The van der Waals surface area contributed by atoms with E-state index in [0.717, 1.165) is 18.7 Å². The van der Waals surface area contributed by atoms with Gasteiger partial charge < -0.3 is 14.7 Å². The first-order chi connectivity index (χ1) is 13.7. The molecule has 1 saturated heterocycles.